The zero-order chi connectivity index (χ0) is 26.8. The van der Waals surface area contributed by atoms with Crippen LogP contribution in [0.25, 0.3) is 66.1 Å². The summed E-state index contributed by atoms with van der Waals surface area (Å²) in [5.41, 5.74) is 9.54. The number of nitrogens with zero attached hydrogens (tertiary/aromatic N) is 4. The van der Waals surface area contributed by atoms with Crippen molar-refractivity contribution < 1.29 is 57.1 Å². The molecule has 8 aromatic rings. The summed E-state index contributed by atoms with van der Waals surface area (Å²) in [5.74, 6) is 0. The molecule has 0 fully saturated rings. The van der Waals surface area contributed by atoms with E-state index in [1.54, 1.807) is 0 Å². The standard InChI is InChI=1S/C36H28N4.2HI/c1-37-23-39(31-17-9-7-15-29(31)37)33-21-19-25-11-3-5-13-27(25)35(33)36-28-14-6-4-12-26(28)20-22-34(36)40-24-38(2)30-16-8-10-18-32(30)40;;/h3-24H,1-2H3;2*1H/q+2;;/p-2. The van der Waals surface area contributed by atoms with Gasteiger partial charge in [-0.3, -0.25) is 0 Å². The zero-order valence-electron chi connectivity index (χ0n) is 23.2. The second kappa shape index (κ2) is 11.1. The van der Waals surface area contributed by atoms with E-state index >= 15 is 0 Å². The van der Waals surface area contributed by atoms with Gasteiger partial charge in [-0.05, 0) is 57.9 Å². The average Bonchev–Trinajstić information content (AvgIpc) is 3.52. The van der Waals surface area contributed by atoms with E-state index in [1.165, 1.54) is 54.7 Å². The maximum absolute atomic E-state index is 2.34. The molecule has 0 spiro atoms. The predicted octanol–water partition coefficient (Wildman–Crippen LogP) is 1.20. The third-order valence-corrected chi connectivity index (χ3v) is 8.20. The van der Waals surface area contributed by atoms with Gasteiger partial charge in [-0.25, -0.2) is 9.13 Å². The molecule has 0 saturated carbocycles. The van der Waals surface area contributed by atoms with Crippen LogP contribution in [0.1, 0.15) is 0 Å². The molecule has 0 aliphatic carbocycles. The molecule has 0 atom stereocenters. The fourth-order valence-electron chi connectivity index (χ4n) is 6.36. The number of imidazole rings is 2. The van der Waals surface area contributed by atoms with Gasteiger partial charge in [0, 0.05) is 11.1 Å². The SMILES string of the molecule is C[n+]1cn(-c2ccc3ccccc3c2-c2c(-n3c[n+](C)c4ccccc43)ccc3ccccc23)c2ccccc21.[I-].[I-]. The lowest BCUT2D eigenvalue weighted by atomic mass is 9.90. The van der Waals surface area contributed by atoms with Crippen LogP contribution in [0.5, 0.6) is 0 Å². The van der Waals surface area contributed by atoms with Gasteiger partial charge in [0.05, 0.1) is 14.1 Å². The van der Waals surface area contributed by atoms with Crippen molar-refractivity contribution in [2.45, 2.75) is 0 Å². The van der Waals surface area contributed by atoms with Crippen molar-refractivity contribution >= 4 is 43.6 Å². The highest BCUT2D eigenvalue weighted by atomic mass is 127. The highest BCUT2D eigenvalue weighted by molar-refractivity contribution is 6.11. The molecule has 6 aromatic carbocycles. The predicted molar refractivity (Wildman–Crippen MR) is 163 cm³/mol. The molecule has 2 heterocycles. The lowest BCUT2D eigenvalue weighted by molar-refractivity contribution is -0.645. The number of aromatic nitrogens is 4. The van der Waals surface area contributed by atoms with Crippen LogP contribution in [0.3, 0.4) is 0 Å². The summed E-state index contributed by atoms with van der Waals surface area (Å²) < 4.78 is 9.10. The molecule has 0 bridgehead atoms. The van der Waals surface area contributed by atoms with Crippen molar-refractivity contribution in [3.8, 4) is 22.5 Å². The summed E-state index contributed by atoms with van der Waals surface area (Å²) in [6.07, 6.45) is 4.41. The van der Waals surface area contributed by atoms with Crippen LogP contribution < -0.4 is 57.1 Å². The minimum atomic E-state index is 0. The molecule has 4 nitrogen and oxygen atoms in total. The van der Waals surface area contributed by atoms with Gasteiger partial charge in [-0.1, -0.05) is 84.9 Å². The molecule has 0 saturated heterocycles. The molecule has 8 rings (SSSR count). The van der Waals surface area contributed by atoms with Crippen LogP contribution in [-0.4, -0.2) is 9.13 Å². The van der Waals surface area contributed by atoms with E-state index in [0.29, 0.717) is 0 Å². The van der Waals surface area contributed by atoms with Gasteiger partial charge >= 0.3 is 0 Å². The van der Waals surface area contributed by atoms with Gasteiger partial charge in [0.2, 0.25) is 12.7 Å². The van der Waals surface area contributed by atoms with Gasteiger partial charge in [-0.15, -0.1) is 0 Å². The van der Waals surface area contributed by atoms with E-state index < -0.39 is 0 Å². The van der Waals surface area contributed by atoms with E-state index in [0.717, 1.165) is 11.4 Å². The second-order valence-electron chi connectivity index (χ2n) is 10.5. The first-order chi connectivity index (χ1) is 19.7. The van der Waals surface area contributed by atoms with Crippen molar-refractivity contribution in [2.75, 3.05) is 0 Å². The van der Waals surface area contributed by atoms with Crippen molar-refractivity contribution in [3.63, 3.8) is 0 Å². The molecule has 0 amide bonds. The molecular formula is C36H28I2N4. The summed E-state index contributed by atoms with van der Waals surface area (Å²) in [6.45, 7) is 0. The molecule has 0 unspecified atom stereocenters. The molecule has 206 valence electrons. The number of hydrogen-bond donors (Lipinski definition) is 0. The molecule has 2 aromatic heterocycles. The highest BCUT2D eigenvalue weighted by Crippen LogP contribution is 2.43. The Morgan fingerprint density at radius 1 is 0.429 bits per heavy atom. The van der Waals surface area contributed by atoms with E-state index in [1.807, 2.05) is 0 Å². The lowest BCUT2D eigenvalue weighted by Crippen LogP contribution is -3.00. The monoisotopic (exact) mass is 770 g/mol. The van der Waals surface area contributed by atoms with Crippen molar-refractivity contribution in [1.82, 2.24) is 9.13 Å². The topological polar surface area (TPSA) is 17.6 Å². The normalized spacial score (nSPS) is 11.2. The Morgan fingerprint density at radius 2 is 0.810 bits per heavy atom. The van der Waals surface area contributed by atoms with E-state index in [2.05, 4.69) is 166 Å². The molecule has 42 heavy (non-hydrogen) atoms. The third kappa shape index (κ3) is 4.31. The van der Waals surface area contributed by atoms with Gasteiger partial charge in [0.25, 0.3) is 0 Å². The van der Waals surface area contributed by atoms with E-state index in [9.17, 15) is 0 Å². The first-order valence-electron chi connectivity index (χ1n) is 13.6. The Bertz CT molecular complexity index is 2100. The zero-order valence-corrected chi connectivity index (χ0v) is 27.6. The molecular weight excluding hydrogens is 742 g/mol. The van der Waals surface area contributed by atoms with Crippen LogP contribution in [0.2, 0.25) is 0 Å². The molecule has 0 N–H and O–H groups in total. The first-order valence-corrected chi connectivity index (χ1v) is 13.6. The fraction of sp³-hybridized carbons (Fsp3) is 0.0556. The van der Waals surface area contributed by atoms with Gasteiger partial charge in [0.1, 0.15) is 11.4 Å². The van der Waals surface area contributed by atoms with Gasteiger partial charge in [0.15, 0.2) is 22.1 Å². The van der Waals surface area contributed by atoms with Crippen LogP contribution in [-0.2, 0) is 14.1 Å². The Kier molecular flexibility index (Phi) is 7.53. The minimum absolute atomic E-state index is 0. The minimum Gasteiger partial charge on any atom is -1.00 e. The summed E-state index contributed by atoms with van der Waals surface area (Å²) in [7, 11) is 4.24. The largest absolute Gasteiger partial charge is 1.00 e. The maximum Gasteiger partial charge on any atom is 0.249 e. The van der Waals surface area contributed by atoms with Gasteiger partial charge < -0.3 is 48.0 Å². The van der Waals surface area contributed by atoms with Crippen LogP contribution in [0, 0.1) is 0 Å². The Balaban J connectivity index is 0.00000158. The number of aryl methyl sites for hydroxylation is 2. The fourth-order valence-corrected chi connectivity index (χ4v) is 6.36. The van der Waals surface area contributed by atoms with Crippen molar-refractivity contribution in [3.05, 3.63) is 134 Å². The summed E-state index contributed by atoms with van der Waals surface area (Å²) in [4.78, 5) is 0. The van der Waals surface area contributed by atoms with Crippen LogP contribution in [0.4, 0.5) is 0 Å². The quantitative estimate of drug-likeness (QED) is 0.190. The lowest BCUT2D eigenvalue weighted by Gasteiger charge is -2.16. The highest BCUT2D eigenvalue weighted by Gasteiger charge is 2.27. The molecule has 0 aliphatic rings. The van der Waals surface area contributed by atoms with Gasteiger partial charge in [-0.2, -0.15) is 9.13 Å². The number of hydrogen-bond acceptors (Lipinski definition) is 0. The molecule has 0 radical (unpaired) electrons. The number of benzene rings is 6. The van der Waals surface area contributed by atoms with Crippen molar-refractivity contribution in [2.24, 2.45) is 14.1 Å². The summed E-state index contributed by atoms with van der Waals surface area (Å²) >= 11 is 0. The Hall–Kier alpha value is -3.76. The number of rotatable bonds is 3. The Morgan fingerprint density at radius 3 is 1.26 bits per heavy atom. The number of halogens is 2. The third-order valence-electron chi connectivity index (χ3n) is 8.20. The van der Waals surface area contributed by atoms with Crippen LogP contribution in [0.15, 0.2) is 134 Å². The summed E-state index contributed by atoms with van der Waals surface area (Å²) in [5, 5.41) is 4.92. The van der Waals surface area contributed by atoms with Crippen LogP contribution >= 0.6 is 0 Å². The van der Waals surface area contributed by atoms with E-state index in [4.69, 9.17) is 0 Å². The Labute approximate surface area is 278 Å². The van der Waals surface area contributed by atoms with Crippen molar-refractivity contribution in [1.29, 1.82) is 0 Å². The number of para-hydroxylation sites is 4. The molecule has 0 aliphatic heterocycles. The first kappa shape index (κ1) is 28.4. The summed E-state index contributed by atoms with van der Waals surface area (Å²) in [6, 6.07) is 43.8. The van der Waals surface area contributed by atoms with E-state index in [-0.39, 0.29) is 48.0 Å². The number of fused-ring (bicyclic) bond motifs is 4. The molecule has 6 heteroatoms. The smallest absolute Gasteiger partial charge is 0.249 e. The second-order valence-corrected chi connectivity index (χ2v) is 10.5. The average molecular weight is 770 g/mol. The maximum atomic E-state index is 2.34.